The molecule has 0 bridgehead atoms. The van der Waals surface area contributed by atoms with Crippen molar-refractivity contribution in [2.45, 2.75) is 12.3 Å². The van der Waals surface area contributed by atoms with Gasteiger partial charge in [0, 0.05) is 0 Å². The number of hydrogen-bond donors (Lipinski definition) is 0. The summed E-state index contributed by atoms with van der Waals surface area (Å²) in [5.74, 6) is -1.13. The molecule has 0 aromatic carbocycles. The summed E-state index contributed by atoms with van der Waals surface area (Å²) >= 11 is 10.8. The number of nitro groups is 1. The number of aromatic nitrogens is 1. The molecule has 0 aliphatic heterocycles. The van der Waals surface area contributed by atoms with Crippen LogP contribution in [0.2, 0.25) is 5.02 Å². The lowest BCUT2D eigenvalue weighted by Crippen LogP contribution is -2.03. The van der Waals surface area contributed by atoms with Crippen LogP contribution in [0.1, 0.15) is 17.6 Å². The van der Waals surface area contributed by atoms with Crippen molar-refractivity contribution in [1.82, 2.24) is 4.98 Å². The van der Waals surface area contributed by atoms with Crippen LogP contribution in [0.5, 0.6) is 0 Å². The Morgan fingerprint density at radius 1 is 1.60 bits per heavy atom. The standard InChI is InChI=1S/C7H4Cl2F2N2O2/c8-1-3-5(6(10)11)4(9)2-12-7(3)13(14)15/h2,6H,1H2. The van der Waals surface area contributed by atoms with Crippen LogP contribution in [0, 0.1) is 10.1 Å². The normalized spacial score (nSPS) is 10.7. The van der Waals surface area contributed by atoms with Gasteiger partial charge in [-0.2, -0.15) is 0 Å². The SMILES string of the molecule is O=[N+]([O-])c1ncc(Cl)c(C(F)F)c1CCl. The summed E-state index contributed by atoms with van der Waals surface area (Å²) in [6.45, 7) is 0. The zero-order valence-electron chi connectivity index (χ0n) is 7.08. The van der Waals surface area contributed by atoms with Gasteiger partial charge in [-0.3, -0.25) is 0 Å². The minimum absolute atomic E-state index is 0.328. The van der Waals surface area contributed by atoms with E-state index in [1.165, 1.54) is 0 Å². The molecule has 0 amide bonds. The van der Waals surface area contributed by atoms with Crippen LogP contribution in [0.25, 0.3) is 0 Å². The summed E-state index contributed by atoms with van der Waals surface area (Å²) in [6.07, 6.45) is -2.11. The van der Waals surface area contributed by atoms with Gasteiger partial charge in [-0.15, -0.1) is 11.6 Å². The third-order valence-electron chi connectivity index (χ3n) is 1.68. The van der Waals surface area contributed by atoms with Gasteiger partial charge in [0.1, 0.15) is 0 Å². The summed E-state index contributed by atoms with van der Waals surface area (Å²) < 4.78 is 25.1. The Balaban J connectivity index is 3.47. The van der Waals surface area contributed by atoms with Crippen molar-refractivity contribution in [2.75, 3.05) is 0 Å². The van der Waals surface area contributed by atoms with E-state index in [9.17, 15) is 18.9 Å². The monoisotopic (exact) mass is 256 g/mol. The highest BCUT2D eigenvalue weighted by Gasteiger charge is 2.26. The average molecular weight is 257 g/mol. The molecule has 0 aliphatic rings. The zero-order valence-corrected chi connectivity index (χ0v) is 8.60. The van der Waals surface area contributed by atoms with Gasteiger partial charge in [0.2, 0.25) is 0 Å². The van der Waals surface area contributed by atoms with E-state index >= 15 is 0 Å². The van der Waals surface area contributed by atoms with Gasteiger partial charge in [0.05, 0.1) is 22.0 Å². The number of rotatable bonds is 3. The fourth-order valence-corrected chi connectivity index (χ4v) is 1.56. The van der Waals surface area contributed by atoms with Crippen molar-refractivity contribution < 1.29 is 13.7 Å². The first-order chi connectivity index (χ1) is 6.99. The summed E-state index contributed by atoms with van der Waals surface area (Å²) in [6, 6.07) is 0. The van der Waals surface area contributed by atoms with Gasteiger partial charge in [0.15, 0.2) is 6.20 Å². The van der Waals surface area contributed by atoms with Crippen molar-refractivity contribution in [2.24, 2.45) is 0 Å². The van der Waals surface area contributed by atoms with Crippen LogP contribution < -0.4 is 0 Å². The maximum atomic E-state index is 12.5. The van der Waals surface area contributed by atoms with Crippen LogP contribution in [-0.4, -0.2) is 9.91 Å². The predicted octanol–water partition coefficient (Wildman–Crippen LogP) is 3.32. The van der Waals surface area contributed by atoms with Crippen molar-refractivity contribution in [3.8, 4) is 0 Å². The first-order valence-corrected chi connectivity index (χ1v) is 4.56. The second kappa shape index (κ2) is 4.67. The van der Waals surface area contributed by atoms with Crippen LogP contribution in [0.4, 0.5) is 14.6 Å². The highest BCUT2D eigenvalue weighted by atomic mass is 35.5. The Morgan fingerprint density at radius 3 is 2.60 bits per heavy atom. The summed E-state index contributed by atoms with van der Waals surface area (Å²) in [4.78, 5) is 12.9. The first kappa shape index (κ1) is 12.1. The van der Waals surface area contributed by atoms with Crippen molar-refractivity contribution >= 4 is 29.0 Å². The van der Waals surface area contributed by atoms with E-state index in [1.54, 1.807) is 0 Å². The quantitative estimate of drug-likeness (QED) is 0.474. The molecule has 8 heteroatoms. The molecule has 0 aliphatic carbocycles. The third kappa shape index (κ3) is 2.32. The van der Waals surface area contributed by atoms with Gasteiger partial charge < -0.3 is 10.1 Å². The molecule has 4 nitrogen and oxygen atoms in total. The van der Waals surface area contributed by atoms with E-state index in [1.807, 2.05) is 0 Å². The Hall–Kier alpha value is -1.01. The summed E-state index contributed by atoms with van der Waals surface area (Å²) in [5, 5.41) is 10.1. The lowest BCUT2D eigenvalue weighted by molar-refractivity contribution is -0.390. The molecule has 0 fully saturated rings. The number of nitrogens with zero attached hydrogens (tertiary/aromatic N) is 2. The van der Waals surface area contributed by atoms with Crippen LogP contribution in [-0.2, 0) is 5.88 Å². The van der Waals surface area contributed by atoms with Gasteiger partial charge in [-0.25, -0.2) is 8.78 Å². The molecule has 15 heavy (non-hydrogen) atoms. The highest BCUT2D eigenvalue weighted by molar-refractivity contribution is 6.31. The molecule has 0 spiro atoms. The average Bonchev–Trinajstić information content (AvgIpc) is 2.15. The molecule has 1 aromatic rings. The molecule has 0 N–H and O–H groups in total. The minimum Gasteiger partial charge on any atom is -0.358 e. The molecule has 0 saturated heterocycles. The predicted molar refractivity (Wildman–Crippen MR) is 50.4 cm³/mol. The van der Waals surface area contributed by atoms with Crippen molar-refractivity contribution in [3.05, 3.63) is 32.5 Å². The first-order valence-electron chi connectivity index (χ1n) is 3.64. The second-order valence-corrected chi connectivity index (χ2v) is 3.19. The van der Waals surface area contributed by atoms with E-state index in [0.717, 1.165) is 6.20 Å². The minimum atomic E-state index is -2.92. The Labute approximate surface area is 93.0 Å². The van der Waals surface area contributed by atoms with E-state index in [4.69, 9.17) is 23.2 Å². The molecule has 0 unspecified atom stereocenters. The fraction of sp³-hybridized carbons (Fsp3) is 0.286. The maximum absolute atomic E-state index is 12.5. The summed E-state index contributed by atoms with van der Waals surface area (Å²) in [5.41, 5.74) is -0.975. The van der Waals surface area contributed by atoms with Crippen LogP contribution in [0.3, 0.4) is 0 Å². The van der Waals surface area contributed by atoms with Gasteiger partial charge in [-0.05, 0) is 9.91 Å². The van der Waals surface area contributed by atoms with Crippen molar-refractivity contribution in [1.29, 1.82) is 0 Å². The lowest BCUT2D eigenvalue weighted by Gasteiger charge is -2.07. The second-order valence-electron chi connectivity index (χ2n) is 2.51. The van der Waals surface area contributed by atoms with Crippen LogP contribution >= 0.6 is 23.2 Å². The number of halogens is 4. The molecule has 0 atom stereocenters. The zero-order chi connectivity index (χ0) is 11.6. The van der Waals surface area contributed by atoms with E-state index in [0.29, 0.717) is 0 Å². The van der Waals surface area contributed by atoms with E-state index in [2.05, 4.69) is 4.98 Å². The molecule has 1 rings (SSSR count). The molecule has 0 radical (unpaired) electrons. The maximum Gasteiger partial charge on any atom is 0.368 e. The Morgan fingerprint density at radius 2 is 2.20 bits per heavy atom. The highest BCUT2D eigenvalue weighted by Crippen LogP contribution is 2.34. The van der Waals surface area contributed by atoms with Gasteiger partial charge in [-0.1, -0.05) is 11.6 Å². The smallest absolute Gasteiger partial charge is 0.358 e. The number of hydrogen-bond acceptors (Lipinski definition) is 3. The number of alkyl halides is 3. The Kier molecular flexibility index (Phi) is 3.76. The fourth-order valence-electron chi connectivity index (χ4n) is 1.05. The van der Waals surface area contributed by atoms with Gasteiger partial charge >= 0.3 is 5.82 Å². The Bertz CT molecular complexity index is 401. The lowest BCUT2D eigenvalue weighted by atomic mass is 10.1. The molecular weight excluding hydrogens is 253 g/mol. The third-order valence-corrected chi connectivity index (χ3v) is 2.25. The molecular formula is C7H4Cl2F2N2O2. The molecule has 0 saturated carbocycles. The molecule has 1 aromatic heterocycles. The summed E-state index contributed by atoms with van der Waals surface area (Å²) in [7, 11) is 0. The van der Waals surface area contributed by atoms with E-state index < -0.39 is 28.6 Å². The van der Waals surface area contributed by atoms with E-state index in [-0.39, 0.29) is 10.6 Å². The van der Waals surface area contributed by atoms with Crippen molar-refractivity contribution in [3.63, 3.8) is 0 Å². The number of pyridine rings is 1. The largest absolute Gasteiger partial charge is 0.368 e. The van der Waals surface area contributed by atoms with Gasteiger partial charge in [0.25, 0.3) is 6.43 Å². The molecule has 82 valence electrons. The molecule has 1 heterocycles. The van der Waals surface area contributed by atoms with Crippen LogP contribution in [0.15, 0.2) is 6.20 Å². The topological polar surface area (TPSA) is 56.0 Å².